The summed E-state index contributed by atoms with van der Waals surface area (Å²) < 4.78 is 19.4. The van der Waals surface area contributed by atoms with Crippen LogP contribution in [0.15, 0.2) is 27.5 Å². The number of thiazole rings is 1. The van der Waals surface area contributed by atoms with Crippen molar-refractivity contribution >= 4 is 27.3 Å². The number of benzene rings is 1. The van der Waals surface area contributed by atoms with Gasteiger partial charge in [-0.25, -0.2) is 9.37 Å². The first kappa shape index (κ1) is 10.6. The molecule has 5 heteroatoms. The number of hydrogen-bond donors (Lipinski definition) is 0. The molecule has 0 spiro atoms. The van der Waals surface area contributed by atoms with Gasteiger partial charge < -0.3 is 4.74 Å². The Morgan fingerprint density at radius 1 is 1.47 bits per heavy atom. The topological polar surface area (TPSA) is 22.1 Å². The molecule has 1 aromatic heterocycles. The zero-order valence-corrected chi connectivity index (χ0v) is 10.2. The molecule has 0 aliphatic rings. The van der Waals surface area contributed by atoms with E-state index in [0.717, 1.165) is 3.92 Å². The molecule has 1 aromatic carbocycles. The molecule has 0 aliphatic heterocycles. The Kier molecular flexibility index (Phi) is 3.02. The molecule has 0 saturated carbocycles. The number of hydrogen-bond acceptors (Lipinski definition) is 3. The highest BCUT2D eigenvalue weighted by atomic mass is 79.9. The Morgan fingerprint density at radius 3 is 2.87 bits per heavy atom. The summed E-state index contributed by atoms with van der Waals surface area (Å²) in [5.41, 5.74) is 0.990. The first-order valence-electron chi connectivity index (χ1n) is 4.16. The van der Waals surface area contributed by atoms with Crippen LogP contribution >= 0.6 is 27.3 Å². The summed E-state index contributed by atoms with van der Waals surface area (Å²) in [4.78, 5) is 4.17. The van der Waals surface area contributed by atoms with Crippen LogP contribution in [0.25, 0.3) is 11.3 Å². The van der Waals surface area contributed by atoms with Crippen molar-refractivity contribution in [2.75, 3.05) is 7.11 Å². The fourth-order valence-corrected chi connectivity index (χ4v) is 2.29. The van der Waals surface area contributed by atoms with E-state index in [1.807, 2.05) is 0 Å². The Hall–Kier alpha value is -0.940. The third kappa shape index (κ3) is 2.03. The van der Waals surface area contributed by atoms with E-state index >= 15 is 0 Å². The van der Waals surface area contributed by atoms with E-state index in [-0.39, 0.29) is 5.82 Å². The van der Waals surface area contributed by atoms with Gasteiger partial charge in [0.25, 0.3) is 0 Å². The molecule has 78 valence electrons. The molecule has 0 radical (unpaired) electrons. The van der Waals surface area contributed by atoms with E-state index < -0.39 is 0 Å². The van der Waals surface area contributed by atoms with Crippen molar-refractivity contribution in [3.8, 4) is 17.0 Å². The average molecular weight is 288 g/mol. The quantitative estimate of drug-likeness (QED) is 0.840. The fraction of sp³-hybridized carbons (Fsp3) is 0.100. The minimum absolute atomic E-state index is 0.327. The molecule has 0 unspecified atom stereocenters. The fourth-order valence-electron chi connectivity index (χ4n) is 1.29. The molecule has 2 aromatic rings. The third-order valence-corrected chi connectivity index (χ3v) is 3.29. The summed E-state index contributed by atoms with van der Waals surface area (Å²) in [5, 5.41) is 1.78. The Balaban J connectivity index is 2.60. The van der Waals surface area contributed by atoms with E-state index in [4.69, 9.17) is 4.74 Å². The summed E-state index contributed by atoms with van der Waals surface area (Å²) in [6.07, 6.45) is 0. The van der Waals surface area contributed by atoms with Crippen LogP contribution in [0.5, 0.6) is 5.75 Å². The van der Waals surface area contributed by atoms with Gasteiger partial charge in [0, 0.05) is 5.38 Å². The Morgan fingerprint density at radius 2 is 2.27 bits per heavy atom. The minimum Gasteiger partial charge on any atom is -0.496 e. The van der Waals surface area contributed by atoms with Gasteiger partial charge in [0.2, 0.25) is 0 Å². The molecule has 1 heterocycles. The first-order chi connectivity index (χ1) is 7.22. The van der Waals surface area contributed by atoms with Gasteiger partial charge >= 0.3 is 0 Å². The van der Waals surface area contributed by atoms with Crippen molar-refractivity contribution in [1.29, 1.82) is 0 Å². The molecule has 0 atom stereocenters. The maximum atomic E-state index is 13.6. The molecule has 2 rings (SSSR count). The second-order valence-corrected chi connectivity index (χ2v) is 4.94. The summed E-state index contributed by atoms with van der Waals surface area (Å²) in [5.74, 6) is 0.167. The second kappa shape index (κ2) is 4.28. The highest BCUT2D eigenvalue weighted by Crippen LogP contribution is 2.34. The van der Waals surface area contributed by atoms with E-state index in [0.29, 0.717) is 17.0 Å². The monoisotopic (exact) mass is 287 g/mol. The van der Waals surface area contributed by atoms with Crippen molar-refractivity contribution in [2.24, 2.45) is 0 Å². The van der Waals surface area contributed by atoms with Crippen molar-refractivity contribution in [2.45, 2.75) is 0 Å². The Bertz CT molecular complexity index is 486. The standard InChI is InChI=1S/C10H7BrFNOS/c1-14-8-4-2-3-6(12)9(8)7-5-15-10(11)13-7/h2-5H,1H3. The number of ether oxygens (including phenoxy) is 1. The van der Waals surface area contributed by atoms with Crippen LogP contribution in [-0.4, -0.2) is 12.1 Å². The van der Waals surface area contributed by atoms with Crippen molar-refractivity contribution in [1.82, 2.24) is 4.98 Å². The second-order valence-electron chi connectivity index (χ2n) is 2.80. The van der Waals surface area contributed by atoms with E-state index in [1.54, 1.807) is 17.5 Å². The minimum atomic E-state index is -0.327. The van der Waals surface area contributed by atoms with Gasteiger partial charge in [-0.3, -0.25) is 0 Å². The van der Waals surface area contributed by atoms with Gasteiger partial charge in [0.05, 0.1) is 18.4 Å². The van der Waals surface area contributed by atoms with E-state index in [2.05, 4.69) is 20.9 Å². The number of nitrogens with zero attached hydrogens (tertiary/aromatic N) is 1. The van der Waals surface area contributed by atoms with E-state index in [1.165, 1.54) is 24.5 Å². The number of halogens is 2. The molecule has 0 fully saturated rings. The molecule has 2 nitrogen and oxygen atoms in total. The van der Waals surface area contributed by atoms with Crippen molar-refractivity contribution < 1.29 is 9.13 Å². The van der Waals surface area contributed by atoms with Gasteiger partial charge in [-0.1, -0.05) is 6.07 Å². The SMILES string of the molecule is COc1cccc(F)c1-c1csc(Br)n1. The predicted octanol–water partition coefficient (Wildman–Crippen LogP) is 3.72. The molecule has 0 N–H and O–H groups in total. The van der Waals surface area contributed by atoms with Crippen LogP contribution in [0.3, 0.4) is 0 Å². The van der Waals surface area contributed by atoms with Crippen molar-refractivity contribution in [3.05, 3.63) is 33.3 Å². The lowest BCUT2D eigenvalue weighted by molar-refractivity contribution is 0.413. The summed E-state index contributed by atoms with van der Waals surface area (Å²) in [6.45, 7) is 0. The molecule has 0 bridgehead atoms. The van der Waals surface area contributed by atoms with Gasteiger partial charge in [-0.05, 0) is 28.1 Å². The molecular weight excluding hydrogens is 281 g/mol. The lowest BCUT2D eigenvalue weighted by atomic mass is 10.1. The van der Waals surface area contributed by atoms with Crippen LogP contribution in [0.4, 0.5) is 4.39 Å². The van der Waals surface area contributed by atoms with Crippen LogP contribution in [0, 0.1) is 5.82 Å². The molecule has 0 amide bonds. The van der Waals surface area contributed by atoms with E-state index in [9.17, 15) is 4.39 Å². The smallest absolute Gasteiger partial charge is 0.159 e. The van der Waals surface area contributed by atoms with Crippen LogP contribution in [0.2, 0.25) is 0 Å². The highest BCUT2D eigenvalue weighted by molar-refractivity contribution is 9.11. The lowest BCUT2D eigenvalue weighted by Crippen LogP contribution is -1.91. The highest BCUT2D eigenvalue weighted by Gasteiger charge is 2.13. The zero-order valence-electron chi connectivity index (χ0n) is 7.83. The van der Waals surface area contributed by atoms with Crippen molar-refractivity contribution in [3.63, 3.8) is 0 Å². The number of aromatic nitrogens is 1. The summed E-state index contributed by atoms with van der Waals surface area (Å²) in [6, 6.07) is 4.72. The third-order valence-electron chi connectivity index (χ3n) is 1.93. The first-order valence-corrected chi connectivity index (χ1v) is 5.83. The lowest BCUT2D eigenvalue weighted by Gasteiger charge is -2.06. The van der Waals surface area contributed by atoms with Crippen LogP contribution < -0.4 is 4.74 Å². The number of methoxy groups -OCH3 is 1. The molecule has 0 aliphatic carbocycles. The Labute approximate surface area is 98.9 Å². The van der Waals surface area contributed by atoms with Gasteiger partial charge in [0.1, 0.15) is 11.6 Å². The summed E-state index contributed by atoms with van der Waals surface area (Å²) >= 11 is 4.66. The molecular formula is C10H7BrFNOS. The van der Waals surface area contributed by atoms with Gasteiger partial charge in [-0.15, -0.1) is 11.3 Å². The van der Waals surface area contributed by atoms with Gasteiger partial charge in [0.15, 0.2) is 3.92 Å². The molecule has 0 saturated heterocycles. The largest absolute Gasteiger partial charge is 0.496 e. The maximum Gasteiger partial charge on any atom is 0.159 e. The predicted molar refractivity (Wildman–Crippen MR) is 61.8 cm³/mol. The average Bonchev–Trinajstić information content (AvgIpc) is 2.64. The normalized spacial score (nSPS) is 10.3. The maximum absolute atomic E-state index is 13.6. The van der Waals surface area contributed by atoms with Gasteiger partial charge in [-0.2, -0.15) is 0 Å². The zero-order chi connectivity index (χ0) is 10.8. The van der Waals surface area contributed by atoms with Crippen LogP contribution in [0.1, 0.15) is 0 Å². The summed E-state index contributed by atoms with van der Waals surface area (Å²) in [7, 11) is 1.51. The van der Waals surface area contributed by atoms with Crippen LogP contribution in [-0.2, 0) is 0 Å². The molecule has 15 heavy (non-hydrogen) atoms. The number of rotatable bonds is 2.